The predicted molar refractivity (Wildman–Crippen MR) is 78.0 cm³/mol. The molecule has 0 unspecified atom stereocenters. The normalized spacial score (nSPS) is 28.2. The molecule has 0 aromatic heterocycles. The maximum Gasteiger partial charge on any atom is 0.310 e. The van der Waals surface area contributed by atoms with Crippen molar-refractivity contribution in [1.29, 1.82) is 0 Å². The number of ether oxygens (including phenoxy) is 1. The van der Waals surface area contributed by atoms with E-state index in [1.165, 1.54) is 11.8 Å². The Morgan fingerprint density at radius 1 is 1.44 bits per heavy atom. The van der Waals surface area contributed by atoms with Gasteiger partial charge in [-0.05, 0) is 34.1 Å². The molecule has 1 saturated heterocycles. The molecule has 1 heterocycles. The molecular formula is C13H22O3S2. The first kappa shape index (κ1) is 15.9. The van der Waals surface area contributed by atoms with E-state index in [4.69, 9.17) is 4.74 Å². The summed E-state index contributed by atoms with van der Waals surface area (Å²) in [6, 6.07) is 0. The molecule has 0 spiro atoms. The SMILES string of the molecule is CC(=O)SC[C@@]1(C)C[C@H](C(=O)OC(C)(C)C)CS1. The van der Waals surface area contributed by atoms with E-state index in [1.807, 2.05) is 20.8 Å². The van der Waals surface area contributed by atoms with Crippen molar-refractivity contribution in [2.45, 2.75) is 51.4 Å². The lowest BCUT2D eigenvalue weighted by molar-refractivity contribution is -0.159. The minimum Gasteiger partial charge on any atom is -0.460 e. The Morgan fingerprint density at radius 3 is 2.56 bits per heavy atom. The number of hydrogen-bond donors (Lipinski definition) is 0. The van der Waals surface area contributed by atoms with Crippen molar-refractivity contribution in [2.75, 3.05) is 11.5 Å². The highest BCUT2D eigenvalue weighted by molar-refractivity contribution is 8.14. The Hall–Kier alpha value is -0.160. The fourth-order valence-corrected chi connectivity index (χ4v) is 4.15. The Kier molecular flexibility index (Phi) is 5.18. The second kappa shape index (κ2) is 5.87. The van der Waals surface area contributed by atoms with Gasteiger partial charge in [0, 0.05) is 23.2 Å². The monoisotopic (exact) mass is 290 g/mol. The zero-order valence-corrected chi connectivity index (χ0v) is 13.4. The van der Waals surface area contributed by atoms with Gasteiger partial charge in [0.05, 0.1) is 5.92 Å². The van der Waals surface area contributed by atoms with Gasteiger partial charge < -0.3 is 4.74 Å². The molecule has 18 heavy (non-hydrogen) atoms. The number of carbonyl (C=O) groups excluding carboxylic acids is 2. The maximum atomic E-state index is 12.0. The highest BCUT2D eigenvalue weighted by Crippen LogP contribution is 2.44. The smallest absolute Gasteiger partial charge is 0.310 e. The quantitative estimate of drug-likeness (QED) is 0.747. The molecule has 0 saturated carbocycles. The van der Waals surface area contributed by atoms with Gasteiger partial charge in [0.1, 0.15) is 5.60 Å². The standard InChI is InChI=1S/C13H22O3S2/c1-9(14)17-8-13(5)6-10(7-18-13)11(15)16-12(2,3)4/h10H,6-8H2,1-5H3/t10-,13+/m0/s1. The summed E-state index contributed by atoms with van der Waals surface area (Å²) in [5, 5.41) is 0.137. The van der Waals surface area contributed by atoms with Crippen LogP contribution in [0.5, 0.6) is 0 Å². The van der Waals surface area contributed by atoms with Gasteiger partial charge in [-0.1, -0.05) is 11.8 Å². The van der Waals surface area contributed by atoms with Crippen LogP contribution in [0.15, 0.2) is 0 Å². The molecular weight excluding hydrogens is 268 g/mol. The van der Waals surface area contributed by atoms with Crippen LogP contribution in [0.4, 0.5) is 0 Å². The zero-order chi connectivity index (χ0) is 14.0. The lowest BCUT2D eigenvalue weighted by Crippen LogP contribution is -2.30. The third-order valence-electron chi connectivity index (χ3n) is 2.63. The van der Waals surface area contributed by atoms with E-state index in [0.29, 0.717) is 0 Å². The molecule has 104 valence electrons. The summed E-state index contributed by atoms with van der Waals surface area (Å²) in [5.41, 5.74) is -0.422. The third kappa shape index (κ3) is 5.22. The van der Waals surface area contributed by atoms with Crippen molar-refractivity contribution >= 4 is 34.6 Å². The molecule has 0 radical (unpaired) electrons. The largest absolute Gasteiger partial charge is 0.460 e. The Labute approximate surface area is 118 Å². The van der Waals surface area contributed by atoms with Crippen LogP contribution >= 0.6 is 23.5 Å². The zero-order valence-electron chi connectivity index (χ0n) is 11.7. The number of hydrogen-bond acceptors (Lipinski definition) is 5. The molecule has 0 aromatic carbocycles. The lowest BCUT2D eigenvalue weighted by atomic mass is 9.98. The number of rotatable bonds is 3. The Morgan fingerprint density at radius 2 is 2.06 bits per heavy atom. The van der Waals surface area contributed by atoms with Crippen LogP contribution in [0.1, 0.15) is 41.0 Å². The van der Waals surface area contributed by atoms with Gasteiger partial charge in [-0.25, -0.2) is 0 Å². The molecule has 5 heteroatoms. The molecule has 0 aliphatic carbocycles. The van der Waals surface area contributed by atoms with Crippen LogP contribution in [0.3, 0.4) is 0 Å². The molecule has 1 fully saturated rings. The second-order valence-electron chi connectivity index (χ2n) is 5.98. The van der Waals surface area contributed by atoms with Gasteiger partial charge in [0.25, 0.3) is 0 Å². The molecule has 1 rings (SSSR count). The molecule has 0 N–H and O–H groups in total. The van der Waals surface area contributed by atoms with E-state index >= 15 is 0 Å². The summed E-state index contributed by atoms with van der Waals surface area (Å²) >= 11 is 3.12. The van der Waals surface area contributed by atoms with Gasteiger partial charge in [-0.3, -0.25) is 9.59 Å². The Bertz CT molecular complexity index is 336. The van der Waals surface area contributed by atoms with Crippen LogP contribution in [0, 0.1) is 5.92 Å². The molecule has 3 nitrogen and oxygen atoms in total. The van der Waals surface area contributed by atoms with Crippen molar-refractivity contribution < 1.29 is 14.3 Å². The van der Waals surface area contributed by atoms with Gasteiger partial charge in [-0.2, -0.15) is 11.8 Å². The Balaban J connectivity index is 2.49. The van der Waals surface area contributed by atoms with E-state index in [0.717, 1.165) is 17.9 Å². The van der Waals surface area contributed by atoms with Crippen molar-refractivity contribution in [2.24, 2.45) is 5.92 Å². The molecule has 0 aromatic rings. The lowest BCUT2D eigenvalue weighted by Gasteiger charge is -2.24. The first-order valence-electron chi connectivity index (χ1n) is 6.11. The number of esters is 1. The molecule has 0 bridgehead atoms. The molecule has 2 atom stereocenters. The van der Waals surface area contributed by atoms with E-state index in [9.17, 15) is 9.59 Å². The average molecular weight is 290 g/mol. The number of thioether (sulfide) groups is 2. The third-order valence-corrected chi connectivity index (χ3v) is 5.58. The van der Waals surface area contributed by atoms with E-state index in [-0.39, 0.29) is 21.7 Å². The van der Waals surface area contributed by atoms with Crippen LogP contribution in [0.2, 0.25) is 0 Å². The maximum absolute atomic E-state index is 12.0. The van der Waals surface area contributed by atoms with Crippen molar-refractivity contribution in [3.05, 3.63) is 0 Å². The summed E-state index contributed by atoms with van der Waals surface area (Å²) in [6.45, 7) is 9.37. The van der Waals surface area contributed by atoms with Crippen LogP contribution in [0.25, 0.3) is 0 Å². The topological polar surface area (TPSA) is 43.4 Å². The summed E-state index contributed by atoms with van der Waals surface area (Å²) in [7, 11) is 0. The van der Waals surface area contributed by atoms with Gasteiger partial charge >= 0.3 is 5.97 Å². The molecule has 1 aliphatic rings. The van der Waals surface area contributed by atoms with Gasteiger partial charge in [-0.15, -0.1) is 0 Å². The summed E-state index contributed by atoms with van der Waals surface area (Å²) < 4.78 is 5.43. The minimum absolute atomic E-state index is 0.0118. The predicted octanol–water partition coefficient (Wildman–Crippen LogP) is 3.12. The molecule has 0 amide bonds. The van der Waals surface area contributed by atoms with Crippen LogP contribution in [-0.2, 0) is 14.3 Å². The van der Waals surface area contributed by atoms with E-state index in [2.05, 4.69) is 6.92 Å². The van der Waals surface area contributed by atoms with Crippen molar-refractivity contribution in [3.63, 3.8) is 0 Å². The van der Waals surface area contributed by atoms with Crippen LogP contribution < -0.4 is 0 Å². The second-order valence-corrected chi connectivity index (χ2v) is 8.74. The highest BCUT2D eigenvalue weighted by atomic mass is 32.2. The number of carbonyl (C=O) groups is 2. The summed E-state index contributed by atoms with van der Waals surface area (Å²) in [4.78, 5) is 23.0. The fourth-order valence-electron chi connectivity index (χ4n) is 1.83. The first-order chi connectivity index (χ1) is 8.11. The van der Waals surface area contributed by atoms with E-state index < -0.39 is 5.60 Å². The van der Waals surface area contributed by atoms with Gasteiger partial charge in [0.2, 0.25) is 0 Å². The molecule has 1 aliphatic heterocycles. The summed E-state index contributed by atoms with van der Waals surface area (Å²) in [5.74, 6) is 1.43. The summed E-state index contributed by atoms with van der Waals surface area (Å²) in [6.07, 6.45) is 0.798. The van der Waals surface area contributed by atoms with E-state index in [1.54, 1.807) is 18.7 Å². The van der Waals surface area contributed by atoms with Crippen molar-refractivity contribution in [3.8, 4) is 0 Å². The average Bonchev–Trinajstić information content (AvgIpc) is 2.56. The first-order valence-corrected chi connectivity index (χ1v) is 8.09. The van der Waals surface area contributed by atoms with Crippen LogP contribution in [-0.4, -0.2) is 32.9 Å². The minimum atomic E-state index is -0.422. The highest BCUT2D eigenvalue weighted by Gasteiger charge is 2.41. The van der Waals surface area contributed by atoms with Gasteiger partial charge in [0.15, 0.2) is 5.12 Å². The van der Waals surface area contributed by atoms with Crippen molar-refractivity contribution in [1.82, 2.24) is 0 Å². The fraction of sp³-hybridized carbons (Fsp3) is 0.846.